The number of hydrogen-bond donors (Lipinski definition) is 1. The predicted molar refractivity (Wildman–Crippen MR) is 111 cm³/mol. The van der Waals surface area contributed by atoms with Gasteiger partial charge in [-0.15, -0.1) is 0 Å². The number of likely N-dealkylation sites (tertiary alicyclic amines) is 1. The van der Waals surface area contributed by atoms with Crippen molar-refractivity contribution in [3.63, 3.8) is 0 Å². The molecule has 6 rings (SSSR count). The average molecular weight is 404 g/mol. The third-order valence-electron chi connectivity index (χ3n) is 6.95. The molecule has 0 radical (unpaired) electrons. The van der Waals surface area contributed by atoms with Crippen LogP contribution < -0.4 is 5.56 Å². The molecule has 4 heterocycles. The first-order valence-electron chi connectivity index (χ1n) is 10.8. The fourth-order valence-electron chi connectivity index (χ4n) is 5.30. The van der Waals surface area contributed by atoms with Crippen LogP contribution in [0.1, 0.15) is 65.6 Å². The monoisotopic (exact) mass is 404 g/mol. The molecule has 1 spiro atoms. The zero-order valence-electron chi connectivity index (χ0n) is 17.0. The van der Waals surface area contributed by atoms with Gasteiger partial charge in [0.05, 0.1) is 17.6 Å². The molecular weight excluding hydrogens is 380 g/mol. The number of fused-ring (bicyclic) bond motifs is 3. The summed E-state index contributed by atoms with van der Waals surface area (Å²) < 4.78 is 2.11. The number of carbonyl (C=O) groups is 1. The highest BCUT2D eigenvalue weighted by molar-refractivity contribution is 5.96. The van der Waals surface area contributed by atoms with Gasteiger partial charge in [0, 0.05) is 36.3 Å². The Labute approximate surface area is 173 Å². The van der Waals surface area contributed by atoms with E-state index in [1.807, 2.05) is 24.2 Å². The highest BCUT2D eigenvalue weighted by Crippen LogP contribution is 2.43. The predicted octanol–water partition coefficient (Wildman–Crippen LogP) is 2.28. The molecular formula is C22H24N6O2. The molecule has 1 amide bonds. The first kappa shape index (κ1) is 17.8. The molecule has 1 unspecified atom stereocenters. The van der Waals surface area contributed by atoms with E-state index in [9.17, 15) is 9.59 Å². The summed E-state index contributed by atoms with van der Waals surface area (Å²) in [4.78, 5) is 44.2. The summed E-state index contributed by atoms with van der Waals surface area (Å²) in [6.07, 6.45) is 9.32. The highest BCUT2D eigenvalue weighted by atomic mass is 16.2. The largest absolute Gasteiger partial charge is 0.338 e. The highest BCUT2D eigenvalue weighted by Gasteiger charge is 2.45. The average Bonchev–Trinajstić information content (AvgIpc) is 3.41. The Kier molecular flexibility index (Phi) is 3.70. The number of imidazole rings is 1. The summed E-state index contributed by atoms with van der Waals surface area (Å²) in [7, 11) is 0. The van der Waals surface area contributed by atoms with Crippen molar-refractivity contribution >= 4 is 17.1 Å². The van der Waals surface area contributed by atoms with Gasteiger partial charge in [0.2, 0.25) is 0 Å². The lowest BCUT2D eigenvalue weighted by molar-refractivity contribution is 0.0633. The van der Waals surface area contributed by atoms with Crippen molar-refractivity contribution in [2.24, 2.45) is 0 Å². The standard InChI is InChI=1S/C22H24N6O2/c1-13-25-18-16(20(29)26-13)5-7-22(18)6-2-8-27(11-22)21(30)14-9-17-19(23-10-14)28(12-24-17)15-3-4-15/h9-10,12,15H,2-8,11H2,1H3,(H,25,26,29). The quantitative estimate of drug-likeness (QED) is 0.707. The molecule has 154 valence electrons. The Morgan fingerprint density at radius 1 is 1.27 bits per heavy atom. The third kappa shape index (κ3) is 2.62. The van der Waals surface area contributed by atoms with Crippen molar-refractivity contribution in [2.75, 3.05) is 13.1 Å². The maximum absolute atomic E-state index is 13.3. The van der Waals surface area contributed by atoms with Crippen LogP contribution in [0.25, 0.3) is 11.2 Å². The fraction of sp³-hybridized carbons (Fsp3) is 0.500. The first-order chi connectivity index (χ1) is 14.5. The smallest absolute Gasteiger partial charge is 0.255 e. The molecule has 2 fully saturated rings. The van der Waals surface area contributed by atoms with Gasteiger partial charge in [0.1, 0.15) is 11.3 Å². The van der Waals surface area contributed by atoms with Gasteiger partial charge in [0.15, 0.2) is 5.65 Å². The molecule has 3 aliphatic rings. The molecule has 1 atom stereocenters. The van der Waals surface area contributed by atoms with Crippen molar-refractivity contribution in [1.82, 2.24) is 29.4 Å². The molecule has 1 aliphatic heterocycles. The molecule has 0 aromatic carbocycles. The van der Waals surface area contributed by atoms with E-state index < -0.39 is 0 Å². The second-order valence-electron chi connectivity index (χ2n) is 9.04. The van der Waals surface area contributed by atoms with Crippen molar-refractivity contribution < 1.29 is 4.79 Å². The Bertz CT molecular complexity index is 1240. The number of pyridine rings is 1. The molecule has 0 bridgehead atoms. The lowest BCUT2D eigenvalue weighted by Gasteiger charge is -2.40. The van der Waals surface area contributed by atoms with Crippen LogP contribution in [0.15, 0.2) is 23.4 Å². The minimum Gasteiger partial charge on any atom is -0.338 e. The van der Waals surface area contributed by atoms with Crippen LogP contribution in [-0.2, 0) is 11.8 Å². The Morgan fingerprint density at radius 3 is 2.97 bits per heavy atom. The summed E-state index contributed by atoms with van der Waals surface area (Å²) in [6.45, 7) is 3.14. The number of carbonyl (C=O) groups excluding carboxylic acids is 1. The van der Waals surface area contributed by atoms with E-state index >= 15 is 0 Å². The van der Waals surface area contributed by atoms with Crippen LogP contribution in [-0.4, -0.2) is 48.4 Å². The van der Waals surface area contributed by atoms with Crippen LogP contribution in [0.5, 0.6) is 0 Å². The molecule has 3 aromatic heterocycles. The minimum atomic E-state index is -0.215. The van der Waals surface area contributed by atoms with Gasteiger partial charge in [-0.1, -0.05) is 0 Å². The van der Waals surface area contributed by atoms with Crippen molar-refractivity contribution in [2.45, 2.75) is 56.9 Å². The minimum absolute atomic E-state index is 0.0144. The number of amides is 1. The zero-order valence-corrected chi connectivity index (χ0v) is 17.0. The van der Waals surface area contributed by atoms with E-state index in [2.05, 4.69) is 19.5 Å². The van der Waals surface area contributed by atoms with Crippen LogP contribution in [0, 0.1) is 6.92 Å². The van der Waals surface area contributed by atoms with Crippen LogP contribution in [0.4, 0.5) is 0 Å². The molecule has 1 saturated heterocycles. The zero-order chi connectivity index (χ0) is 20.5. The van der Waals surface area contributed by atoms with Crippen molar-refractivity contribution in [3.8, 4) is 0 Å². The molecule has 8 nitrogen and oxygen atoms in total. The molecule has 3 aromatic rings. The number of nitrogens with one attached hydrogen (secondary N) is 1. The molecule has 30 heavy (non-hydrogen) atoms. The summed E-state index contributed by atoms with van der Waals surface area (Å²) in [5, 5.41) is 0. The van der Waals surface area contributed by atoms with Gasteiger partial charge in [-0.25, -0.2) is 15.0 Å². The second-order valence-corrected chi connectivity index (χ2v) is 9.04. The first-order valence-corrected chi connectivity index (χ1v) is 10.8. The van der Waals surface area contributed by atoms with Gasteiger partial charge in [0.25, 0.3) is 11.5 Å². The topological polar surface area (TPSA) is 96.8 Å². The Balaban J connectivity index is 1.31. The number of H-pyrrole nitrogens is 1. The van der Waals surface area contributed by atoms with Gasteiger partial charge in [-0.3, -0.25) is 9.59 Å². The van der Waals surface area contributed by atoms with E-state index in [4.69, 9.17) is 4.98 Å². The van der Waals surface area contributed by atoms with E-state index in [0.717, 1.165) is 48.1 Å². The summed E-state index contributed by atoms with van der Waals surface area (Å²) in [5.74, 6) is 0.629. The summed E-state index contributed by atoms with van der Waals surface area (Å²) >= 11 is 0. The van der Waals surface area contributed by atoms with Crippen molar-refractivity contribution in [1.29, 1.82) is 0 Å². The van der Waals surface area contributed by atoms with E-state index in [0.29, 0.717) is 30.5 Å². The summed E-state index contributed by atoms with van der Waals surface area (Å²) in [5.41, 5.74) is 3.66. The number of rotatable bonds is 2. The second kappa shape index (κ2) is 6.23. The molecule has 8 heteroatoms. The van der Waals surface area contributed by atoms with E-state index in [1.165, 1.54) is 12.8 Å². The van der Waals surface area contributed by atoms with Gasteiger partial charge >= 0.3 is 0 Å². The molecule has 1 N–H and O–H groups in total. The third-order valence-corrected chi connectivity index (χ3v) is 6.95. The van der Waals surface area contributed by atoms with Crippen molar-refractivity contribution in [3.05, 3.63) is 51.6 Å². The maximum atomic E-state index is 13.3. The van der Waals surface area contributed by atoms with Crippen LogP contribution >= 0.6 is 0 Å². The number of nitrogens with zero attached hydrogens (tertiary/aromatic N) is 5. The lowest BCUT2D eigenvalue weighted by Crippen LogP contribution is -2.48. The van der Waals surface area contributed by atoms with Gasteiger partial charge in [-0.05, 0) is 51.5 Å². The van der Waals surface area contributed by atoms with Gasteiger partial charge < -0.3 is 14.5 Å². The van der Waals surface area contributed by atoms with E-state index in [-0.39, 0.29) is 16.9 Å². The lowest BCUT2D eigenvalue weighted by atomic mass is 9.77. The summed E-state index contributed by atoms with van der Waals surface area (Å²) in [6, 6.07) is 2.37. The van der Waals surface area contributed by atoms with Gasteiger partial charge in [-0.2, -0.15) is 0 Å². The number of piperidine rings is 1. The molecule has 2 aliphatic carbocycles. The van der Waals surface area contributed by atoms with Crippen LogP contribution in [0.3, 0.4) is 0 Å². The number of aromatic nitrogens is 5. The normalized spacial score (nSPS) is 23.3. The molecule has 1 saturated carbocycles. The SMILES string of the molecule is Cc1nc2c(c(=O)[nH]1)CCC21CCCN(C(=O)c2cnc3c(c2)ncn3C2CC2)C1. The number of aromatic amines is 1. The Hall–Kier alpha value is -3.03. The van der Waals surface area contributed by atoms with E-state index in [1.54, 1.807) is 6.20 Å². The number of hydrogen-bond acceptors (Lipinski definition) is 5. The number of aryl methyl sites for hydroxylation is 1. The van der Waals surface area contributed by atoms with Crippen LogP contribution in [0.2, 0.25) is 0 Å². The Morgan fingerprint density at radius 2 is 2.13 bits per heavy atom. The fourth-order valence-corrected chi connectivity index (χ4v) is 5.30. The maximum Gasteiger partial charge on any atom is 0.255 e.